The minimum absolute atomic E-state index is 0.203. The molecule has 3 aliphatic heterocycles. The molecule has 0 radical (unpaired) electrons. The van der Waals surface area contributed by atoms with Gasteiger partial charge in [0.05, 0.1) is 11.4 Å². The molecule has 9 nitrogen and oxygen atoms in total. The van der Waals surface area contributed by atoms with Gasteiger partial charge >= 0.3 is 0 Å². The van der Waals surface area contributed by atoms with E-state index in [0.717, 1.165) is 74.3 Å². The summed E-state index contributed by atoms with van der Waals surface area (Å²) >= 11 is 1.54. The molecule has 1 amide bonds. The number of rotatable bonds is 5. The molecule has 3 aliphatic rings. The number of anilines is 4. The van der Waals surface area contributed by atoms with Crippen molar-refractivity contribution in [2.75, 3.05) is 46.6 Å². The van der Waals surface area contributed by atoms with Crippen molar-refractivity contribution >= 4 is 52.0 Å². The van der Waals surface area contributed by atoms with Gasteiger partial charge in [-0.15, -0.1) is 11.8 Å². The Bertz CT molecular complexity index is 1290. The zero-order valence-corrected chi connectivity index (χ0v) is 21.0. The van der Waals surface area contributed by atoms with Crippen LogP contribution in [0.25, 0.3) is 11.1 Å². The summed E-state index contributed by atoms with van der Waals surface area (Å²) in [5.41, 5.74) is 16.6. The number of carbonyl (C=O) groups is 1. The highest BCUT2D eigenvalue weighted by Gasteiger charge is 2.35. The van der Waals surface area contributed by atoms with Crippen LogP contribution >= 0.6 is 11.8 Å². The molecule has 1 aromatic carbocycles. The van der Waals surface area contributed by atoms with Gasteiger partial charge in [0.2, 0.25) is 0 Å². The van der Waals surface area contributed by atoms with Gasteiger partial charge in [0.15, 0.2) is 5.58 Å². The second-order valence-corrected chi connectivity index (χ2v) is 10.6. The second kappa shape index (κ2) is 9.57. The number of primary amides is 1. The molecule has 0 aliphatic carbocycles. The van der Waals surface area contributed by atoms with Crippen LogP contribution in [0.1, 0.15) is 49.5 Å². The van der Waals surface area contributed by atoms with Gasteiger partial charge in [0, 0.05) is 49.4 Å². The van der Waals surface area contributed by atoms with Gasteiger partial charge in [0.25, 0.3) is 11.9 Å². The van der Waals surface area contributed by atoms with Crippen molar-refractivity contribution in [2.24, 2.45) is 5.73 Å². The molecular formula is C26H31N7O2S. The Labute approximate surface area is 214 Å². The van der Waals surface area contributed by atoms with Crippen molar-refractivity contribution in [1.29, 1.82) is 0 Å². The van der Waals surface area contributed by atoms with Gasteiger partial charge in [-0.3, -0.25) is 4.79 Å². The van der Waals surface area contributed by atoms with Crippen molar-refractivity contribution in [2.45, 2.75) is 43.9 Å². The van der Waals surface area contributed by atoms with Crippen molar-refractivity contribution < 1.29 is 9.21 Å². The van der Waals surface area contributed by atoms with Crippen LogP contribution in [0.5, 0.6) is 0 Å². The van der Waals surface area contributed by atoms with Crippen LogP contribution in [0.3, 0.4) is 0 Å². The second-order valence-electron chi connectivity index (χ2n) is 9.64. The summed E-state index contributed by atoms with van der Waals surface area (Å²) in [6.45, 7) is 3.84. The Morgan fingerprint density at radius 2 is 1.69 bits per heavy atom. The number of fused-ring (bicyclic) bond motifs is 1. The van der Waals surface area contributed by atoms with E-state index in [-0.39, 0.29) is 5.37 Å². The zero-order chi connectivity index (χ0) is 24.6. The van der Waals surface area contributed by atoms with Crippen LogP contribution in [-0.4, -0.2) is 42.1 Å². The minimum Gasteiger partial charge on any atom is -0.423 e. The van der Waals surface area contributed by atoms with Gasteiger partial charge in [0.1, 0.15) is 22.4 Å². The lowest BCUT2D eigenvalue weighted by Crippen LogP contribution is -2.34. The summed E-state index contributed by atoms with van der Waals surface area (Å²) in [5.74, 6) is -0.0108. The van der Waals surface area contributed by atoms with Crippen LogP contribution in [0, 0.1) is 0 Å². The lowest BCUT2D eigenvalue weighted by molar-refractivity contribution is -0.114. The van der Waals surface area contributed by atoms with Crippen LogP contribution in [0.15, 0.2) is 46.0 Å². The topological polar surface area (TPSA) is 118 Å². The summed E-state index contributed by atoms with van der Waals surface area (Å²) in [4.78, 5) is 28.4. The van der Waals surface area contributed by atoms with E-state index in [2.05, 4.69) is 20.9 Å². The van der Waals surface area contributed by atoms with E-state index in [1.54, 1.807) is 12.3 Å². The number of oxazole rings is 1. The van der Waals surface area contributed by atoms with Crippen molar-refractivity contribution in [1.82, 2.24) is 9.97 Å². The average Bonchev–Trinajstić information content (AvgIpc) is 3.54. The predicted octanol–water partition coefficient (Wildman–Crippen LogP) is 4.36. The smallest absolute Gasteiger partial charge is 0.298 e. The number of pyridine rings is 1. The van der Waals surface area contributed by atoms with Gasteiger partial charge in [-0.1, -0.05) is 6.07 Å². The average molecular weight is 506 g/mol. The fourth-order valence-electron chi connectivity index (χ4n) is 5.34. The molecule has 1 unspecified atom stereocenters. The molecule has 0 bridgehead atoms. The first-order chi connectivity index (χ1) is 17.6. The molecule has 188 valence electrons. The molecular weight excluding hydrogens is 474 g/mol. The van der Waals surface area contributed by atoms with Gasteiger partial charge < -0.3 is 30.6 Å². The molecule has 5 heterocycles. The van der Waals surface area contributed by atoms with Crippen LogP contribution in [-0.2, 0) is 4.79 Å². The molecule has 0 saturated carbocycles. The van der Waals surface area contributed by atoms with Gasteiger partial charge in [-0.05, 0) is 50.7 Å². The number of carbonyl (C=O) groups excluding carboxylic acids is 1. The molecule has 10 heteroatoms. The lowest BCUT2D eigenvalue weighted by atomic mass is 10.1. The van der Waals surface area contributed by atoms with Crippen LogP contribution in [0.2, 0.25) is 0 Å². The monoisotopic (exact) mass is 505 g/mol. The Kier molecular flexibility index (Phi) is 6.12. The Hall–Kier alpha value is -3.40. The molecule has 2 saturated heterocycles. The highest BCUT2D eigenvalue weighted by atomic mass is 32.2. The van der Waals surface area contributed by atoms with E-state index in [4.69, 9.17) is 20.9 Å². The summed E-state index contributed by atoms with van der Waals surface area (Å²) in [5, 5.41) is 1.64. The number of benzene rings is 1. The highest BCUT2D eigenvalue weighted by Crippen LogP contribution is 2.49. The molecule has 36 heavy (non-hydrogen) atoms. The molecule has 1 atom stereocenters. The van der Waals surface area contributed by atoms with Crippen LogP contribution < -0.4 is 26.2 Å². The van der Waals surface area contributed by atoms with E-state index in [1.807, 2.05) is 22.4 Å². The first kappa shape index (κ1) is 23.0. The molecule has 6 rings (SSSR count). The molecule has 0 spiro atoms. The molecule has 3 aromatic rings. The number of aromatic nitrogens is 2. The number of hydrogen-bond donors (Lipinski definition) is 2. The fourth-order valence-corrected chi connectivity index (χ4v) is 6.47. The molecule has 4 N–H and O–H groups in total. The predicted molar refractivity (Wildman–Crippen MR) is 145 cm³/mol. The number of hydrogen-bond acceptors (Lipinski definition) is 9. The first-order valence-electron chi connectivity index (χ1n) is 12.7. The van der Waals surface area contributed by atoms with E-state index in [9.17, 15) is 4.79 Å². The zero-order valence-electron chi connectivity index (χ0n) is 20.2. The van der Waals surface area contributed by atoms with E-state index >= 15 is 0 Å². The number of piperidine rings is 2. The maximum Gasteiger partial charge on any atom is 0.298 e. The number of nitrogen functional groups attached to an aromatic ring is 1. The Morgan fingerprint density at radius 1 is 0.972 bits per heavy atom. The standard InChI is InChI=1S/C26H31N7O2S/c27-23-8-7-17(15-29-23)25-33(21(16-36-25)24(28)34)20-14-22-18(13-19(20)31-9-3-1-4-10-31)30-26(35-22)32-11-5-2-6-12-32/h7-8,13-16,25H,1-6,9-12H2,(H2,27,29)(H2,28,34). The van der Waals surface area contributed by atoms with Gasteiger partial charge in [-0.2, -0.15) is 4.98 Å². The molecule has 2 aromatic heterocycles. The summed E-state index contributed by atoms with van der Waals surface area (Å²) in [6.07, 6.45) is 8.80. The number of nitrogens with two attached hydrogens (primary N) is 2. The third-order valence-corrected chi connectivity index (χ3v) is 8.31. The maximum absolute atomic E-state index is 12.6. The Morgan fingerprint density at radius 3 is 2.36 bits per heavy atom. The number of amides is 1. The quantitative estimate of drug-likeness (QED) is 0.521. The largest absolute Gasteiger partial charge is 0.423 e. The van der Waals surface area contributed by atoms with E-state index in [1.165, 1.54) is 24.6 Å². The van der Waals surface area contributed by atoms with Gasteiger partial charge in [-0.25, -0.2) is 4.98 Å². The maximum atomic E-state index is 12.6. The number of nitrogens with zero attached hydrogens (tertiary/aromatic N) is 5. The summed E-state index contributed by atoms with van der Waals surface area (Å²) < 4.78 is 6.30. The summed E-state index contributed by atoms with van der Waals surface area (Å²) in [7, 11) is 0. The van der Waals surface area contributed by atoms with E-state index < -0.39 is 5.91 Å². The number of thioether (sulfide) groups is 1. The fraction of sp³-hybridized carbons (Fsp3) is 0.423. The van der Waals surface area contributed by atoms with Crippen molar-refractivity contribution in [3.63, 3.8) is 0 Å². The van der Waals surface area contributed by atoms with Crippen molar-refractivity contribution in [3.8, 4) is 0 Å². The first-order valence-corrected chi connectivity index (χ1v) is 13.6. The normalized spacial score (nSPS) is 20.7. The third-order valence-electron chi connectivity index (χ3n) is 7.21. The lowest BCUT2D eigenvalue weighted by Gasteiger charge is -2.35. The minimum atomic E-state index is -0.468. The van der Waals surface area contributed by atoms with E-state index in [0.29, 0.717) is 23.1 Å². The SMILES string of the molecule is NC(=O)C1=CSC(c2ccc(N)nc2)N1c1cc2oc(N3CCCCC3)nc2cc1N1CCCCC1. The molecule has 2 fully saturated rings. The van der Waals surface area contributed by atoms with Crippen LogP contribution in [0.4, 0.5) is 23.2 Å². The van der Waals surface area contributed by atoms with Crippen molar-refractivity contribution in [3.05, 3.63) is 47.1 Å². The Balaban J connectivity index is 1.48. The highest BCUT2D eigenvalue weighted by molar-refractivity contribution is 8.02. The third kappa shape index (κ3) is 4.23. The summed E-state index contributed by atoms with van der Waals surface area (Å²) in [6, 6.07) is 8.55.